The fraction of sp³-hybridized carbons (Fsp3) is 0.286. The number of rotatable bonds is 5. The van der Waals surface area contributed by atoms with Gasteiger partial charge in [-0.2, -0.15) is 13.2 Å². The maximum atomic E-state index is 12.5. The fourth-order valence-electron chi connectivity index (χ4n) is 1.53. The highest BCUT2D eigenvalue weighted by molar-refractivity contribution is 5.94. The molecule has 22 heavy (non-hydrogen) atoms. The van der Waals surface area contributed by atoms with Gasteiger partial charge in [0.15, 0.2) is 6.04 Å². The number of alkyl halides is 3. The van der Waals surface area contributed by atoms with Crippen LogP contribution >= 0.6 is 0 Å². The van der Waals surface area contributed by atoms with E-state index in [0.29, 0.717) is 0 Å². The van der Waals surface area contributed by atoms with E-state index in [1.54, 1.807) is 0 Å². The molecule has 120 valence electrons. The number of ether oxygens (including phenoxy) is 1. The van der Waals surface area contributed by atoms with Crippen molar-refractivity contribution >= 4 is 18.0 Å². The van der Waals surface area contributed by atoms with Gasteiger partial charge in [-0.1, -0.05) is 12.1 Å². The number of halogens is 3. The molecular formula is C14H14F3NO4. The number of aliphatic hydroxyl groups is 1. The average molecular weight is 317 g/mol. The van der Waals surface area contributed by atoms with Crippen LogP contribution in [0.5, 0.6) is 0 Å². The molecule has 0 fully saturated rings. The van der Waals surface area contributed by atoms with Gasteiger partial charge in [-0.05, 0) is 23.8 Å². The number of benzene rings is 1. The molecule has 0 unspecified atom stereocenters. The summed E-state index contributed by atoms with van der Waals surface area (Å²) in [4.78, 5) is 22.7. The van der Waals surface area contributed by atoms with Crippen LogP contribution in [-0.4, -0.2) is 36.7 Å². The Labute approximate surface area is 124 Å². The topological polar surface area (TPSA) is 75.6 Å². The van der Waals surface area contributed by atoms with Crippen LogP contribution < -0.4 is 5.32 Å². The molecule has 2 N–H and O–H groups in total. The summed E-state index contributed by atoms with van der Waals surface area (Å²) in [6.07, 6.45) is -2.35. The summed E-state index contributed by atoms with van der Waals surface area (Å²) < 4.78 is 41.9. The molecule has 5 nitrogen and oxygen atoms in total. The Morgan fingerprint density at radius 3 is 2.64 bits per heavy atom. The lowest BCUT2D eigenvalue weighted by Gasteiger charge is -2.12. The van der Waals surface area contributed by atoms with Gasteiger partial charge in [0.05, 0.1) is 19.3 Å². The standard InChI is InChI=1S/C14H14F3NO4/c1-22-13(21)11(8-19)18-12(20)6-5-9-3-2-4-10(7-9)14(15,16)17/h2-7,11,19H,8H2,1H3,(H,18,20)/b6-5+/t11-/m1/s1. The van der Waals surface area contributed by atoms with Crippen LogP contribution in [0.2, 0.25) is 0 Å². The smallest absolute Gasteiger partial charge is 0.416 e. The highest BCUT2D eigenvalue weighted by Crippen LogP contribution is 2.29. The Kier molecular flexibility index (Phi) is 6.11. The molecule has 1 amide bonds. The predicted molar refractivity (Wildman–Crippen MR) is 71.5 cm³/mol. The van der Waals surface area contributed by atoms with Crippen LogP contribution in [0.3, 0.4) is 0 Å². The first-order valence-electron chi connectivity index (χ1n) is 6.12. The number of aliphatic hydroxyl groups excluding tert-OH is 1. The molecule has 1 atom stereocenters. The van der Waals surface area contributed by atoms with E-state index in [1.165, 1.54) is 12.1 Å². The van der Waals surface area contributed by atoms with Crippen molar-refractivity contribution in [3.8, 4) is 0 Å². The van der Waals surface area contributed by atoms with E-state index < -0.39 is 36.3 Å². The van der Waals surface area contributed by atoms with Crippen molar-refractivity contribution in [2.24, 2.45) is 0 Å². The molecule has 0 aromatic heterocycles. The van der Waals surface area contributed by atoms with E-state index in [2.05, 4.69) is 10.1 Å². The highest BCUT2D eigenvalue weighted by Gasteiger charge is 2.30. The van der Waals surface area contributed by atoms with Gasteiger partial charge in [0.2, 0.25) is 5.91 Å². The molecule has 0 saturated carbocycles. The minimum Gasteiger partial charge on any atom is -0.467 e. The molecule has 8 heteroatoms. The minimum atomic E-state index is -4.47. The van der Waals surface area contributed by atoms with Crippen LogP contribution in [0.15, 0.2) is 30.3 Å². The lowest BCUT2D eigenvalue weighted by Crippen LogP contribution is -2.43. The van der Waals surface area contributed by atoms with Crippen LogP contribution in [0, 0.1) is 0 Å². The van der Waals surface area contributed by atoms with Crippen molar-refractivity contribution in [3.63, 3.8) is 0 Å². The first-order valence-corrected chi connectivity index (χ1v) is 6.12. The zero-order chi connectivity index (χ0) is 16.8. The summed E-state index contributed by atoms with van der Waals surface area (Å²) in [5.41, 5.74) is -0.665. The van der Waals surface area contributed by atoms with Crippen molar-refractivity contribution in [1.29, 1.82) is 0 Å². The van der Waals surface area contributed by atoms with Gasteiger partial charge in [-0.25, -0.2) is 4.79 Å². The minimum absolute atomic E-state index is 0.170. The summed E-state index contributed by atoms with van der Waals surface area (Å²) in [6.45, 7) is -0.657. The normalized spacial score (nSPS) is 13.0. The third kappa shape index (κ3) is 5.21. The second kappa shape index (κ2) is 7.60. The van der Waals surface area contributed by atoms with Crippen molar-refractivity contribution in [2.45, 2.75) is 12.2 Å². The summed E-state index contributed by atoms with van der Waals surface area (Å²) in [7, 11) is 1.09. The monoisotopic (exact) mass is 317 g/mol. The maximum Gasteiger partial charge on any atom is 0.416 e. The van der Waals surface area contributed by atoms with E-state index in [4.69, 9.17) is 5.11 Å². The van der Waals surface area contributed by atoms with Crippen LogP contribution in [0.25, 0.3) is 6.08 Å². The highest BCUT2D eigenvalue weighted by atomic mass is 19.4. The van der Waals surface area contributed by atoms with Crippen molar-refractivity contribution in [2.75, 3.05) is 13.7 Å². The quantitative estimate of drug-likeness (QED) is 0.635. The number of esters is 1. The third-order valence-corrected chi connectivity index (χ3v) is 2.63. The van der Waals surface area contributed by atoms with Gasteiger partial charge in [0.25, 0.3) is 0 Å². The van der Waals surface area contributed by atoms with Gasteiger partial charge in [-0.3, -0.25) is 4.79 Å². The Bertz CT molecular complexity index is 569. The van der Waals surface area contributed by atoms with Crippen molar-refractivity contribution in [1.82, 2.24) is 5.32 Å². The van der Waals surface area contributed by atoms with Crippen molar-refractivity contribution < 1.29 is 32.6 Å². The Morgan fingerprint density at radius 1 is 1.41 bits per heavy atom. The largest absolute Gasteiger partial charge is 0.467 e. The molecule has 0 aliphatic rings. The molecule has 0 aliphatic heterocycles. The molecule has 0 aliphatic carbocycles. The number of carbonyl (C=O) groups is 2. The fourth-order valence-corrected chi connectivity index (χ4v) is 1.53. The molecule has 0 radical (unpaired) electrons. The number of carbonyl (C=O) groups excluding carboxylic acids is 2. The molecule has 0 bridgehead atoms. The van der Waals surface area contributed by atoms with Gasteiger partial charge in [-0.15, -0.1) is 0 Å². The molecule has 0 saturated heterocycles. The first-order chi connectivity index (χ1) is 10.3. The lowest BCUT2D eigenvalue weighted by molar-refractivity contribution is -0.145. The van der Waals surface area contributed by atoms with Gasteiger partial charge >= 0.3 is 12.1 Å². The zero-order valence-electron chi connectivity index (χ0n) is 11.6. The van der Waals surface area contributed by atoms with E-state index in [-0.39, 0.29) is 5.56 Å². The number of hydrogen-bond donors (Lipinski definition) is 2. The Balaban J connectivity index is 2.76. The van der Waals surface area contributed by atoms with Gasteiger partial charge < -0.3 is 15.2 Å². The van der Waals surface area contributed by atoms with Crippen LogP contribution in [-0.2, 0) is 20.5 Å². The van der Waals surface area contributed by atoms with E-state index in [1.807, 2.05) is 0 Å². The van der Waals surface area contributed by atoms with Crippen LogP contribution in [0.1, 0.15) is 11.1 Å². The maximum absolute atomic E-state index is 12.5. The number of methoxy groups -OCH3 is 1. The van der Waals surface area contributed by atoms with E-state index in [0.717, 1.165) is 31.4 Å². The number of amides is 1. The molecule has 0 spiro atoms. The molecular weight excluding hydrogens is 303 g/mol. The Hall–Kier alpha value is -2.35. The van der Waals surface area contributed by atoms with E-state index >= 15 is 0 Å². The first kappa shape index (κ1) is 17.7. The van der Waals surface area contributed by atoms with Crippen molar-refractivity contribution in [3.05, 3.63) is 41.5 Å². The second-order valence-electron chi connectivity index (χ2n) is 4.22. The molecule has 1 aromatic rings. The molecule has 0 heterocycles. The zero-order valence-corrected chi connectivity index (χ0v) is 11.6. The second-order valence-corrected chi connectivity index (χ2v) is 4.22. The summed E-state index contributed by atoms with van der Waals surface area (Å²) in [5.74, 6) is -1.58. The summed E-state index contributed by atoms with van der Waals surface area (Å²) in [6, 6.07) is 3.17. The number of nitrogens with one attached hydrogen (secondary N) is 1. The SMILES string of the molecule is COC(=O)[C@@H](CO)NC(=O)/C=C/c1cccc(C(F)(F)F)c1. The van der Waals surface area contributed by atoms with Gasteiger partial charge in [0, 0.05) is 6.08 Å². The Morgan fingerprint density at radius 2 is 2.09 bits per heavy atom. The molecule has 1 rings (SSSR count). The molecule has 1 aromatic carbocycles. The summed E-state index contributed by atoms with van der Waals surface area (Å²) >= 11 is 0. The lowest BCUT2D eigenvalue weighted by atomic mass is 10.1. The van der Waals surface area contributed by atoms with Crippen LogP contribution in [0.4, 0.5) is 13.2 Å². The average Bonchev–Trinajstić information content (AvgIpc) is 2.49. The summed E-state index contributed by atoms with van der Waals surface area (Å²) in [5, 5.41) is 11.1. The predicted octanol–water partition coefficient (Wildman–Crippen LogP) is 1.37. The number of hydrogen-bond acceptors (Lipinski definition) is 4. The van der Waals surface area contributed by atoms with E-state index in [9.17, 15) is 22.8 Å². The third-order valence-electron chi connectivity index (χ3n) is 2.63. The van der Waals surface area contributed by atoms with Gasteiger partial charge in [0.1, 0.15) is 0 Å².